The van der Waals surface area contributed by atoms with E-state index in [4.69, 9.17) is 9.84 Å². The van der Waals surface area contributed by atoms with E-state index in [1.807, 2.05) is 0 Å². The Balaban J connectivity index is 0. The number of carboxylic acids is 2. The smallest absolute Gasteiger partial charge is 0.306 e. The lowest BCUT2D eigenvalue weighted by molar-refractivity contribution is -0.142. The van der Waals surface area contributed by atoms with Crippen molar-refractivity contribution >= 4 is 11.9 Å². The van der Waals surface area contributed by atoms with Gasteiger partial charge in [-0.3, -0.25) is 9.59 Å². The summed E-state index contributed by atoms with van der Waals surface area (Å²) in [5, 5.41) is 17.8. The van der Waals surface area contributed by atoms with Crippen molar-refractivity contribution in [3.63, 3.8) is 0 Å². The predicted molar refractivity (Wildman–Crippen MR) is 204 cm³/mol. The SMILES string of the molecule is CCCCCCCCCCCCCCCCC(CCOCCCC)C(=O)O.CCCCCCCCCCCCCCCCCC(=O)O. The first-order valence-corrected chi connectivity index (χ1v) is 21.0. The van der Waals surface area contributed by atoms with Crippen LogP contribution in [0.5, 0.6) is 0 Å². The van der Waals surface area contributed by atoms with Gasteiger partial charge in [0.15, 0.2) is 0 Å². The second-order valence-corrected chi connectivity index (χ2v) is 14.3. The normalized spacial score (nSPS) is 11.7. The van der Waals surface area contributed by atoms with Gasteiger partial charge >= 0.3 is 11.9 Å². The standard InChI is InChI=1S/C24H48O3.C18H36O2/c1-3-5-7-8-9-10-11-12-13-14-15-16-17-18-19-23(24(25)26)20-22-27-21-6-4-2;1-2-3-4-5-6-7-8-9-10-11-12-13-14-15-16-17-18(19)20/h23H,3-22H2,1-2H3,(H,25,26);2-17H2,1H3,(H,19,20). The lowest BCUT2D eigenvalue weighted by Gasteiger charge is -2.12. The zero-order valence-electron chi connectivity index (χ0n) is 32.2. The highest BCUT2D eigenvalue weighted by Crippen LogP contribution is 2.18. The molecule has 5 nitrogen and oxygen atoms in total. The van der Waals surface area contributed by atoms with Gasteiger partial charge in [-0.1, -0.05) is 207 Å². The van der Waals surface area contributed by atoms with Crippen LogP contribution in [0.25, 0.3) is 0 Å². The van der Waals surface area contributed by atoms with Crippen molar-refractivity contribution in [2.24, 2.45) is 5.92 Å². The fourth-order valence-electron chi connectivity index (χ4n) is 6.20. The molecule has 0 aliphatic heterocycles. The molecule has 0 aromatic rings. The molecule has 282 valence electrons. The van der Waals surface area contributed by atoms with Crippen LogP contribution in [0.2, 0.25) is 0 Å². The highest BCUT2D eigenvalue weighted by atomic mass is 16.5. The molecule has 0 spiro atoms. The average Bonchev–Trinajstić information content (AvgIpc) is 3.05. The molecular formula is C42H84O5. The van der Waals surface area contributed by atoms with E-state index in [9.17, 15) is 14.7 Å². The van der Waals surface area contributed by atoms with Gasteiger partial charge in [-0.05, 0) is 25.7 Å². The molecule has 0 aromatic heterocycles. The van der Waals surface area contributed by atoms with Gasteiger partial charge in [-0.25, -0.2) is 0 Å². The predicted octanol–water partition coefficient (Wildman–Crippen LogP) is 14.1. The molecule has 0 radical (unpaired) electrons. The zero-order chi connectivity index (χ0) is 34.9. The minimum atomic E-state index is -0.653. The summed E-state index contributed by atoms with van der Waals surface area (Å²) in [6, 6.07) is 0. The third-order valence-electron chi connectivity index (χ3n) is 9.50. The van der Waals surface area contributed by atoms with E-state index in [0.29, 0.717) is 19.4 Å². The lowest BCUT2D eigenvalue weighted by atomic mass is 9.97. The van der Waals surface area contributed by atoms with Crippen molar-refractivity contribution in [3.05, 3.63) is 0 Å². The Hall–Kier alpha value is -1.10. The third-order valence-corrected chi connectivity index (χ3v) is 9.50. The molecule has 47 heavy (non-hydrogen) atoms. The fourth-order valence-corrected chi connectivity index (χ4v) is 6.20. The second kappa shape index (κ2) is 42.9. The monoisotopic (exact) mass is 669 g/mol. The summed E-state index contributed by atoms with van der Waals surface area (Å²) in [5.41, 5.74) is 0. The molecule has 0 saturated heterocycles. The average molecular weight is 669 g/mol. The maximum absolute atomic E-state index is 11.3. The highest BCUT2D eigenvalue weighted by molar-refractivity contribution is 5.69. The Morgan fingerprint density at radius 2 is 0.723 bits per heavy atom. The van der Waals surface area contributed by atoms with Crippen LogP contribution in [-0.4, -0.2) is 35.4 Å². The van der Waals surface area contributed by atoms with Crippen LogP contribution in [0, 0.1) is 5.92 Å². The van der Waals surface area contributed by atoms with Crippen LogP contribution < -0.4 is 0 Å². The molecule has 1 atom stereocenters. The number of hydrogen-bond donors (Lipinski definition) is 2. The number of rotatable bonds is 38. The molecule has 0 amide bonds. The van der Waals surface area contributed by atoms with Gasteiger partial charge in [-0.2, -0.15) is 0 Å². The number of carbonyl (C=O) groups is 2. The molecule has 0 fully saturated rings. The molecule has 0 rings (SSSR count). The first kappa shape index (κ1) is 48.0. The van der Waals surface area contributed by atoms with Crippen LogP contribution in [0.4, 0.5) is 0 Å². The number of hydrogen-bond acceptors (Lipinski definition) is 3. The molecule has 0 saturated carbocycles. The van der Waals surface area contributed by atoms with Crippen molar-refractivity contribution in [2.75, 3.05) is 13.2 Å². The Labute approximate surface area is 294 Å². The minimum absolute atomic E-state index is 0.219. The molecule has 0 aliphatic carbocycles. The second-order valence-electron chi connectivity index (χ2n) is 14.3. The maximum atomic E-state index is 11.3. The number of ether oxygens (including phenoxy) is 1. The van der Waals surface area contributed by atoms with Crippen LogP contribution in [0.1, 0.15) is 239 Å². The summed E-state index contributed by atoms with van der Waals surface area (Å²) in [4.78, 5) is 21.7. The van der Waals surface area contributed by atoms with E-state index in [1.54, 1.807) is 0 Å². The molecule has 0 aliphatic rings. The van der Waals surface area contributed by atoms with Crippen LogP contribution in [0.3, 0.4) is 0 Å². The highest BCUT2D eigenvalue weighted by Gasteiger charge is 2.16. The van der Waals surface area contributed by atoms with E-state index in [1.165, 1.54) is 167 Å². The molecule has 5 heteroatoms. The Morgan fingerprint density at radius 1 is 0.404 bits per heavy atom. The van der Waals surface area contributed by atoms with Gasteiger partial charge in [-0.15, -0.1) is 0 Å². The van der Waals surface area contributed by atoms with Crippen molar-refractivity contribution in [1.82, 2.24) is 0 Å². The number of unbranched alkanes of at least 4 members (excludes halogenated alkanes) is 28. The lowest BCUT2D eigenvalue weighted by Crippen LogP contribution is -2.16. The first-order chi connectivity index (χ1) is 23.0. The summed E-state index contributed by atoms with van der Waals surface area (Å²) < 4.78 is 5.52. The van der Waals surface area contributed by atoms with E-state index in [0.717, 1.165) is 45.1 Å². The molecule has 1 unspecified atom stereocenters. The van der Waals surface area contributed by atoms with Crippen LogP contribution >= 0.6 is 0 Å². The van der Waals surface area contributed by atoms with Crippen LogP contribution in [0.15, 0.2) is 0 Å². The van der Waals surface area contributed by atoms with Crippen molar-refractivity contribution in [1.29, 1.82) is 0 Å². The van der Waals surface area contributed by atoms with E-state index < -0.39 is 11.9 Å². The minimum Gasteiger partial charge on any atom is -0.481 e. The number of carboxylic acid groups (broad SMARTS) is 2. The van der Waals surface area contributed by atoms with Gasteiger partial charge in [0.2, 0.25) is 0 Å². The van der Waals surface area contributed by atoms with Crippen molar-refractivity contribution in [2.45, 2.75) is 239 Å². The summed E-state index contributed by atoms with van der Waals surface area (Å²) in [5.74, 6) is -1.52. The van der Waals surface area contributed by atoms with Gasteiger partial charge < -0.3 is 14.9 Å². The summed E-state index contributed by atoms with van der Waals surface area (Å²) in [6.45, 7) is 8.04. The Bertz CT molecular complexity index is 608. The molecular weight excluding hydrogens is 584 g/mol. The third kappa shape index (κ3) is 44.9. The Morgan fingerprint density at radius 3 is 1.04 bits per heavy atom. The Kier molecular flexibility index (Phi) is 43.8. The van der Waals surface area contributed by atoms with Crippen molar-refractivity contribution < 1.29 is 24.5 Å². The maximum Gasteiger partial charge on any atom is 0.306 e. The summed E-state index contributed by atoms with van der Waals surface area (Å²) >= 11 is 0. The largest absolute Gasteiger partial charge is 0.481 e. The van der Waals surface area contributed by atoms with Gasteiger partial charge in [0.05, 0.1) is 5.92 Å². The molecule has 0 bridgehead atoms. The topological polar surface area (TPSA) is 83.8 Å². The van der Waals surface area contributed by atoms with E-state index in [2.05, 4.69) is 20.8 Å². The first-order valence-electron chi connectivity index (χ1n) is 21.0. The summed E-state index contributed by atoms with van der Waals surface area (Å²) in [6.07, 6.45) is 42.6. The fraction of sp³-hybridized carbons (Fsp3) is 0.952. The summed E-state index contributed by atoms with van der Waals surface area (Å²) in [7, 11) is 0. The van der Waals surface area contributed by atoms with E-state index in [-0.39, 0.29) is 5.92 Å². The quantitative estimate of drug-likeness (QED) is 0.0640. The molecule has 0 aromatic carbocycles. The van der Waals surface area contributed by atoms with E-state index >= 15 is 0 Å². The van der Waals surface area contributed by atoms with Gasteiger partial charge in [0, 0.05) is 19.6 Å². The molecule has 0 heterocycles. The van der Waals surface area contributed by atoms with Crippen molar-refractivity contribution in [3.8, 4) is 0 Å². The zero-order valence-corrected chi connectivity index (χ0v) is 32.2. The molecule has 2 N–H and O–H groups in total. The van der Waals surface area contributed by atoms with Crippen LogP contribution in [-0.2, 0) is 14.3 Å². The van der Waals surface area contributed by atoms with Gasteiger partial charge in [0.25, 0.3) is 0 Å². The van der Waals surface area contributed by atoms with Gasteiger partial charge in [0.1, 0.15) is 0 Å². The number of aliphatic carboxylic acids is 2.